The van der Waals surface area contributed by atoms with Gasteiger partial charge in [0.15, 0.2) is 6.10 Å². The lowest BCUT2D eigenvalue weighted by atomic mass is 9.54. The third-order valence-electron chi connectivity index (χ3n) is 7.74. The van der Waals surface area contributed by atoms with Gasteiger partial charge in [-0.05, 0) is 74.5 Å². The van der Waals surface area contributed by atoms with Gasteiger partial charge in [-0.3, -0.25) is 14.5 Å². The molecule has 0 radical (unpaired) electrons. The zero-order chi connectivity index (χ0) is 20.1. The number of carbonyl (C=O) groups is 2. The van der Waals surface area contributed by atoms with Crippen LogP contribution in [0.1, 0.15) is 39.0 Å². The number of rotatable bonds is 5. The molecule has 5 aliphatic rings. The molecule has 0 saturated heterocycles. The summed E-state index contributed by atoms with van der Waals surface area (Å²) in [7, 11) is 0. The molecule has 6 heteroatoms. The lowest BCUT2D eigenvalue weighted by molar-refractivity contribution is -0.126. The summed E-state index contributed by atoms with van der Waals surface area (Å²) in [5, 5.41) is 0. The first-order valence-corrected chi connectivity index (χ1v) is 11.1. The van der Waals surface area contributed by atoms with Crippen LogP contribution in [0.25, 0.3) is 0 Å². The van der Waals surface area contributed by atoms with E-state index in [1.165, 1.54) is 32.1 Å². The van der Waals surface area contributed by atoms with Crippen molar-refractivity contribution in [2.45, 2.75) is 51.2 Å². The number of nitrogens with two attached hydrogens (primary N) is 1. The van der Waals surface area contributed by atoms with Crippen molar-refractivity contribution >= 4 is 17.5 Å². The summed E-state index contributed by atoms with van der Waals surface area (Å²) in [6, 6.07) is 7.93. The number of likely N-dealkylation sites (N-methyl/N-ethyl adjacent to an activating group) is 1. The van der Waals surface area contributed by atoms with Crippen LogP contribution in [0.15, 0.2) is 24.3 Å². The van der Waals surface area contributed by atoms with E-state index >= 15 is 0 Å². The number of para-hydroxylation sites is 2. The number of fused-ring (bicyclic) bond motifs is 1. The van der Waals surface area contributed by atoms with Crippen molar-refractivity contribution in [2.24, 2.45) is 29.4 Å². The Kier molecular flexibility index (Phi) is 4.77. The van der Waals surface area contributed by atoms with Crippen molar-refractivity contribution in [3.8, 4) is 5.75 Å². The van der Waals surface area contributed by atoms with Gasteiger partial charge in [0.25, 0.3) is 5.91 Å². The van der Waals surface area contributed by atoms with Crippen LogP contribution in [0.2, 0.25) is 0 Å². The lowest BCUT2D eigenvalue weighted by Crippen LogP contribution is -2.58. The molecule has 4 fully saturated rings. The first-order chi connectivity index (χ1) is 14.0. The lowest BCUT2D eigenvalue weighted by Gasteiger charge is -2.57. The average Bonchev–Trinajstić information content (AvgIpc) is 2.71. The van der Waals surface area contributed by atoms with E-state index in [0.717, 1.165) is 35.9 Å². The molecule has 0 unspecified atom stereocenters. The van der Waals surface area contributed by atoms with Gasteiger partial charge in [0.2, 0.25) is 5.91 Å². The topological polar surface area (TPSA) is 75.9 Å². The summed E-state index contributed by atoms with van der Waals surface area (Å²) in [6.45, 7) is 3.62. The number of carbonyl (C=O) groups excluding carboxylic acids is 2. The van der Waals surface area contributed by atoms with Crippen molar-refractivity contribution in [3.63, 3.8) is 0 Å². The summed E-state index contributed by atoms with van der Waals surface area (Å²) >= 11 is 0. The van der Waals surface area contributed by atoms with Crippen LogP contribution in [0.4, 0.5) is 5.69 Å². The Morgan fingerprint density at radius 1 is 1.10 bits per heavy atom. The van der Waals surface area contributed by atoms with E-state index in [2.05, 4.69) is 11.8 Å². The molecule has 156 valence electrons. The summed E-state index contributed by atoms with van der Waals surface area (Å²) in [6.07, 6.45) is 5.99. The van der Waals surface area contributed by atoms with Gasteiger partial charge in [0, 0.05) is 6.04 Å². The van der Waals surface area contributed by atoms with E-state index in [4.69, 9.17) is 10.5 Å². The molecule has 29 heavy (non-hydrogen) atoms. The number of benzene rings is 1. The molecule has 0 aromatic heterocycles. The Bertz CT molecular complexity index is 782. The van der Waals surface area contributed by atoms with Gasteiger partial charge >= 0.3 is 0 Å². The average molecular weight is 398 g/mol. The second-order valence-corrected chi connectivity index (χ2v) is 9.47. The van der Waals surface area contributed by atoms with Crippen LogP contribution in [0, 0.1) is 23.7 Å². The molecule has 2 amide bonds. The highest BCUT2D eigenvalue weighted by molar-refractivity contribution is 5.98. The zero-order valence-corrected chi connectivity index (χ0v) is 17.1. The van der Waals surface area contributed by atoms with Gasteiger partial charge in [-0.1, -0.05) is 19.1 Å². The number of hydrogen-bond acceptors (Lipinski definition) is 4. The minimum Gasteiger partial charge on any atom is -0.477 e. The highest BCUT2D eigenvalue weighted by Gasteiger charge is 2.50. The number of ether oxygens (including phenoxy) is 1. The second-order valence-electron chi connectivity index (χ2n) is 9.47. The summed E-state index contributed by atoms with van der Waals surface area (Å²) in [5.74, 6) is 3.38. The van der Waals surface area contributed by atoms with E-state index in [0.29, 0.717) is 18.3 Å². The molecule has 0 spiro atoms. The number of nitrogens with zero attached hydrogens (tertiary/aromatic N) is 2. The Morgan fingerprint density at radius 3 is 2.38 bits per heavy atom. The highest BCUT2D eigenvalue weighted by Crippen LogP contribution is 2.55. The standard InChI is InChI=1S/C23H31N3O3/c1-2-25(22-16-8-14-7-15(10-16)11-17(22)9-14)13-21(27)26-12-20(23(24)28)29-19-6-4-3-5-18(19)26/h3-6,14-17,20,22H,2,7-13H2,1H3,(H2,24,28)/t14?,15?,16?,17?,20-,22?/m1/s1. The first kappa shape index (κ1) is 18.9. The first-order valence-electron chi connectivity index (χ1n) is 11.1. The summed E-state index contributed by atoms with van der Waals surface area (Å²) in [5.41, 5.74) is 6.23. The summed E-state index contributed by atoms with van der Waals surface area (Å²) in [4.78, 5) is 29.3. The molecule has 6 nitrogen and oxygen atoms in total. The quantitative estimate of drug-likeness (QED) is 0.828. The van der Waals surface area contributed by atoms with Crippen molar-refractivity contribution in [3.05, 3.63) is 24.3 Å². The molecule has 1 aromatic carbocycles. The van der Waals surface area contributed by atoms with E-state index in [-0.39, 0.29) is 12.5 Å². The molecule has 4 saturated carbocycles. The number of hydrogen-bond donors (Lipinski definition) is 1. The van der Waals surface area contributed by atoms with E-state index in [1.807, 2.05) is 18.2 Å². The van der Waals surface area contributed by atoms with Crippen molar-refractivity contribution in [1.82, 2.24) is 4.90 Å². The predicted octanol–water partition coefficient (Wildman–Crippen LogP) is 2.41. The molecule has 2 N–H and O–H groups in total. The van der Waals surface area contributed by atoms with Gasteiger partial charge < -0.3 is 15.4 Å². The Balaban J connectivity index is 1.35. The van der Waals surface area contributed by atoms with Gasteiger partial charge in [-0.25, -0.2) is 0 Å². The normalized spacial score (nSPS) is 34.8. The Hall–Kier alpha value is -2.08. The molecule has 1 atom stereocenters. The third kappa shape index (κ3) is 3.31. The molecular weight excluding hydrogens is 366 g/mol. The van der Waals surface area contributed by atoms with Crippen molar-refractivity contribution in [1.29, 1.82) is 0 Å². The van der Waals surface area contributed by atoms with Crippen LogP contribution < -0.4 is 15.4 Å². The van der Waals surface area contributed by atoms with Crippen molar-refractivity contribution < 1.29 is 14.3 Å². The van der Waals surface area contributed by atoms with Gasteiger partial charge in [0.05, 0.1) is 18.8 Å². The summed E-state index contributed by atoms with van der Waals surface area (Å²) < 4.78 is 5.72. The van der Waals surface area contributed by atoms with Crippen LogP contribution in [0.5, 0.6) is 5.75 Å². The molecule has 1 aromatic rings. The van der Waals surface area contributed by atoms with Crippen LogP contribution in [-0.2, 0) is 9.59 Å². The highest BCUT2D eigenvalue weighted by atomic mass is 16.5. The van der Waals surface area contributed by atoms with Crippen molar-refractivity contribution in [2.75, 3.05) is 24.5 Å². The zero-order valence-electron chi connectivity index (χ0n) is 17.1. The van der Waals surface area contributed by atoms with Crippen LogP contribution in [0.3, 0.4) is 0 Å². The fourth-order valence-corrected chi connectivity index (χ4v) is 6.80. The molecular formula is C23H31N3O3. The second kappa shape index (κ2) is 7.31. The van der Waals surface area contributed by atoms with E-state index in [9.17, 15) is 9.59 Å². The Morgan fingerprint density at radius 2 is 1.76 bits per heavy atom. The Labute approximate surface area is 172 Å². The maximum Gasteiger partial charge on any atom is 0.260 e. The monoisotopic (exact) mass is 397 g/mol. The number of anilines is 1. The minimum absolute atomic E-state index is 0.0302. The molecule has 6 rings (SSSR count). The minimum atomic E-state index is -0.801. The van der Waals surface area contributed by atoms with Crippen LogP contribution >= 0.6 is 0 Å². The molecule has 4 aliphatic carbocycles. The molecule has 1 aliphatic heterocycles. The fraction of sp³-hybridized carbons (Fsp3) is 0.652. The van der Waals surface area contributed by atoms with Gasteiger partial charge in [-0.15, -0.1) is 0 Å². The van der Waals surface area contributed by atoms with Gasteiger partial charge in [-0.2, -0.15) is 0 Å². The predicted molar refractivity (Wildman–Crippen MR) is 110 cm³/mol. The van der Waals surface area contributed by atoms with E-state index < -0.39 is 12.0 Å². The largest absolute Gasteiger partial charge is 0.477 e. The number of primary amides is 1. The SMILES string of the molecule is CCN(CC(=O)N1C[C@H](C(N)=O)Oc2ccccc21)C1C2CC3CC(C2)CC1C3. The van der Waals surface area contributed by atoms with E-state index in [1.54, 1.807) is 11.0 Å². The fourth-order valence-electron chi connectivity index (χ4n) is 6.80. The maximum atomic E-state index is 13.4. The number of amides is 2. The molecule has 4 bridgehead atoms. The third-order valence-corrected chi connectivity index (χ3v) is 7.74. The molecule has 1 heterocycles. The van der Waals surface area contributed by atoms with Gasteiger partial charge in [0.1, 0.15) is 5.75 Å². The maximum absolute atomic E-state index is 13.4. The van der Waals surface area contributed by atoms with Crippen LogP contribution in [-0.4, -0.2) is 48.5 Å². The smallest absolute Gasteiger partial charge is 0.260 e.